The summed E-state index contributed by atoms with van der Waals surface area (Å²) in [6.07, 6.45) is 1.73. The molecule has 0 bridgehead atoms. The van der Waals surface area contributed by atoms with Crippen LogP contribution in [0.1, 0.15) is 6.42 Å². The summed E-state index contributed by atoms with van der Waals surface area (Å²) < 4.78 is 22.4. The highest BCUT2D eigenvalue weighted by Gasteiger charge is 2.05. The summed E-state index contributed by atoms with van der Waals surface area (Å²) in [6.45, 7) is 0. The Bertz CT molecular complexity index is 466. The molecule has 16 heavy (non-hydrogen) atoms. The molecule has 1 aromatic rings. The minimum atomic E-state index is -3.12. The minimum Gasteiger partial charge on any atom is -0.388 e. The van der Waals surface area contributed by atoms with E-state index in [2.05, 4.69) is 0 Å². The molecule has 1 aromatic carbocycles. The summed E-state index contributed by atoms with van der Waals surface area (Å²) >= 11 is 1.55. The molecule has 4 nitrogen and oxygen atoms in total. The fourth-order valence-corrected chi connectivity index (χ4v) is 2.58. The summed E-state index contributed by atoms with van der Waals surface area (Å²) in [6, 6.07) is 6.71. The van der Waals surface area contributed by atoms with Crippen molar-refractivity contribution in [1.82, 2.24) is 0 Å². The van der Waals surface area contributed by atoms with Crippen molar-refractivity contribution in [3.63, 3.8) is 0 Å². The lowest BCUT2D eigenvalue weighted by Crippen LogP contribution is -2.09. The molecule has 0 saturated heterocycles. The predicted molar refractivity (Wildman–Crippen MR) is 66.8 cm³/mol. The Morgan fingerprint density at radius 2 is 1.94 bits per heavy atom. The summed E-state index contributed by atoms with van der Waals surface area (Å²) in [5.41, 5.74) is 5.23. The molecule has 0 saturated carbocycles. The summed E-state index contributed by atoms with van der Waals surface area (Å²) in [5.74, 6) is 0.897. The zero-order valence-corrected chi connectivity index (χ0v) is 10.6. The van der Waals surface area contributed by atoms with Crippen LogP contribution in [0.4, 0.5) is 0 Å². The van der Waals surface area contributed by atoms with E-state index in [4.69, 9.17) is 11.1 Å². The van der Waals surface area contributed by atoms with Crippen molar-refractivity contribution < 1.29 is 8.42 Å². The maximum Gasteiger partial charge on any atom is 0.175 e. The first-order valence-electron chi connectivity index (χ1n) is 4.65. The second-order valence-corrected chi connectivity index (χ2v) is 6.55. The van der Waals surface area contributed by atoms with Gasteiger partial charge in [0.05, 0.1) is 10.7 Å². The number of hydrogen-bond donors (Lipinski definition) is 2. The van der Waals surface area contributed by atoms with Crippen molar-refractivity contribution in [3.05, 3.63) is 24.3 Å². The van der Waals surface area contributed by atoms with Gasteiger partial charge in [0.1, 0.15) is 0 Å². The topological polar surface area (TPSA) is 84.0 Å². The van der Waals surface area contributed by atoms with Gasteiger partial charge in [-0.05, 0) is 24.3 Å². The number of rotatable bonds is 5. The van der Waals surface area contributed by atoms with E-state index < -0.39 is 9.84 Å². The smallest absolute Gasteiger partial charge is 0.175 e. The van der Waals surface area contributed by atoms with Crippen LogP contribution in [0.15, 0.2) is 34.1 Å². The normalized spacial score (nSPS) is 11.3. The molecule has 3 N–H and O–H groups in total. The highest BCUT2D eigenvalue weighted by molar-refractivity contribution is 7.99. The van der Waals surface area contributed by atoms with Gasteiger partial charge >= 0.3 is 0 Å². The number of benzene rings is 1. The van der Waals surface area contributed by atoms with Crippen molar-refractivity contribution in [3.8, 4) is 0 Å². The van der Waals surface area contributed by atoms with Crippen LogP contribution in [0, 0.1) is 5.41 Å². The molecule has 6 heteroatoms. The quantitative estimate of drug-likeness (QED) is 0.476. The lowest BCUT2D eigenvalue weighted by atomic mass is 10.4. The molecule has 0 radical (unpaired) electrons. The van der Waals surface area contributed by atoms with Crippen LogP contribution < -0.4 is 5.73 Å². The molecule has 0 fully saturated rings. The van der Waals surface area contributed by atoms with Gasteiger partial charge in [0.2, 0.25) is 0 Å². The van der Waals surface area contributed by atoms with Gasteiger partial charge in [-0.2, -0.15) is 0 Å². The van der Waals surface area contributed by atoms with Crippen LogP contribution in [0.2, 0.25) is 0 Å². The fourth-order valence-electron chi connectivity index (χ4n) is 1.06. The van der Waals surface area contributed by atoms with Gasteiger partial charge in [0.15, 0.2) is 9.84 Å². The molecule has 0 aliphatic heterocycles. The number of nitrogens with one attached hydrogen (secondary N) is 1. The minimum absolute atomic E-state index is 0.167. The van der Waals surface area contributed by atoms with E-state index in [-0.39, 0.29) is 5.84 Å². The SMILES string of the molecule is CS(=O)(=O)c1ccc(SCCC(=N)N)cc1. The van der Waals surface area contributed by atoms with Crippen LogP contribution in [0.25, 0.3) is 0 Å². The second kappa shape index (κ2) is 5.36. The molecule has 0 aliphatic rings. The number of thioether (sulfide) groups is 1. The Hall–Kier alpha value is -1.01. The Morgan fingerprint density at radius 3 is 2.38 bits per heavy atom. The molecule has 0 spiro atoms. The molecule has 0 amide bonds. The van der Waals surface area contributed by atoms with Crippen LogP contribution in [0.5, 0.6) is 0 Å². The average Bonchev–Trinajstić information content (AvgIpc) is 2.16. The highest BCUT2D eigenvalue weighted by atomic mass is 32.2. The lowest BCUT2D eigenvalue weighted by Gasteiger charge is -2.02. The van der Waals surface area contributed by atoms with Crippen molar-refractivity contribution in [1.29, 1.82) is 5.41 Å². The Balaban J connectivity index is 2.62. The van der Waals surface area contributed by atoms with Crippen LogP contribution in [0.3, 0.4) is 0 Å². The summed E-state index contributed by atoms with van der Waals surface area (Å²) in [4.78, 5) is 1.30. The zero-order valence-electron chi connectivity index (χ0n) is 8.93. The van der Waals surface area contributed by atoms with E-state index in [1.807, 2.05) is 0 Å². The van der Waals surface area contributed by atoms with E-state index in [0.717, 1.165) is 10.6 Å². The summed E-state index contributed by atoms with van der Waals surface area (Å²) in [7, 11) is -3.12. The van der Waals surface area contributed by atoms with Gasteiger partial charge in [-0.3, -0.25) is 5.41 Å². The number of nitrogens with two attached hydrogens (primary N) is 1. The van der Waals surface area contributed by atoms with Gasteiger partial charge in [-0.1, -0.05) is 0 Å². The Labute approximate surface area is 99.7 Å². The molecule has 0 aliphatic carbocycles. The van der Waals surface area contributed by atoms with E-state index in [0.29, 0.717) is 11.3 Å². The van der Waals surface area contributed by atoms with Gasteiger partial charge in [0.25, 0.3) is 0 Å². The monoisotopic (exact) mass is 258 g/mol. The van der Waals surface area contributed by atoms with E-state index in [1.54, 1.807) is 36.0 Å². The first-order chi connectivity index (χ1) is 7.39. The molecule has 0 heterocycles. The molecular weight excluding hydrogens is 244 g/mol. The van der Waals surface area contributed by atoms with Gasteiger partial charge in [-0.15, -0.1) is 11.8 Å². The standard InChI is InChI=1S/C10H14N2O2S2/c1-16(13,14)9-4-2-8(3-5-9)15-7-6-10(11)12/h2-5H,6-7H2,1H3,(H3,11,12). The number of hydrogen-bond acceptors (Lipinski definition) is 4. The zero-order chi connectivity index (χ0) is 12.2. The lowest BCUT2D eigenvalue weighted by molar-refractivity contribution is 0.602. The Morgan fingerprint density at radius 1 is 1.38 bits per heavy atom. The van der Waals surface area contributed by atoms with Crippen LogP contribution in [-0.4, -0.2) is 26.3 Å². The van der Waals surface area contributed by atoms with Gasteiger partial charge < -0.3 is 5.73 Å². The maximum absolute atomic E-state index is 11.2. The summed E-state index contributed by atoms with van der Waals surface area (Å²) in [5, 5.41) is 7.06. The Kier molecular flexibility index (Phi) is 4.37. The van der Waals surface area contributed by atoms with E-state index >= 15 is 0 Å². The highest BCUT2D eigenvalue weighted by Crippen LogP contribution is 2.20. The fraction of sp³-hybridized carbons (Fsp3) is 0.300. The molecule has 0 aromatic heterocycles. The van der Waals surface area contributed by atoms with Crippen molar-refractivity contribution in [2.75, 3.05) is 12.0 Å². The molecule has 0 unspecified atom stereocenters. The molecule has 88 valence electrons. The third-order valence-electron chi connectivity index (χ3n) is 1.89. The molecular formula is C10H14N2O2S2. The first kappa shape index (κ1) is 13.1. The number of amidine groups is 1. The third kappa shape index (κ3) is 4.24. The molecule has 1 rings (SSSR count). The number of sulfone groups is 1. The average molecular weight is 258 g/mol. The first-order valence-corrected chi connectivity index (χ1v) is 7.53. The maximum atomic E-state index is 11.2. The van der Waals surface area contributed by atoms with Crippen LogP contribution in [-0.2, 0) is 9.84 Å². The van der Waals surface area contributed by atoms with Gasteiger partial charge in [0, 0.05) is 23.3 Å². The van der Waals surface area contributed by atoms with Crippen molar-refractivity contribution in [2.24, 2.45) is 5.73 Å². The van der Waals surface area contributed by atoms with E-state index in [1.165, 1.54) is 6.26 Å². The molecule has 0 atom stereocenters. The van der Waals surface area contributed by atoms with Gasteiger partial charge in [-0.25, -0.2) is 8.42 Å². The van der Waals surface area contributed by atoms with Crippen LogP contribution >= 0.6 is 11.8 Å². The van der Waals surface area contributed by atoms with Crippen molar-refractivity contribution in [2.45, 2.75) is 16.2 Å². The predicted octanol–water partition coefficient (Wildman–Crippen LogP) is 1.51. The van der Waals surface area contributed by atoms with Crippen molar-refractivity contribution >= 4 is 27.4 Å². The third-order valence-corrected chi connectivity index (χ3v) is 4.03. The second-order valence-electron chi connectivity index (χ2n) is 3.37. The van der Waals surface area contributed by atoms with E-state index in [9.17, 15) is 8.42 Å². The largest absolute Gasteiger partial charge is 0.388 e.